The fourth-order valence-electron chi connectivity index (χ4n) is 3.89. The minimum atomic E-state index is -2.67. The zero-order chi connectivity index (χ0) is 14.4. The molecule has 20 heavy (non-hydrogen) atoms. The highest BCUT2D eigenvalue weighted by Gasteiger charge is 2.53. The van der Waals surface area contributed by atoms with E-state index in [1.807, 2.05) is 20.8 Å². The van der Waals surface area contributed by atoms with Gasteiger partial charge in [0.15, 0.2) is 0 Å². The molecule has 118 valence electrons. The molecule has 2 fully saturated rings. The van der Waals surface area contributed by atoms with Gasteiger partial charge in [0.25, 0.3) is 0 Å². The van der Waals surface area contributed by atoms with Gasteiger partial charge in [0.1, 0.15) is 0 Å². The average molecular weight is 302 g/mol. The lowest BCUT2D eigenvalue weighted by atomic mass is 9.79. The van der Waals surface area contributed by atoms with E-state index in [0.717, 1.165) is 12.5 Å². The Balaban J connectivity index is 2.19. The molecule has 0 N–H and O–H groups in total. The van der Waals surface area contributed by atoms with Gasteiger partial charge in [0, 0.05) is 25.9 Å². The van der Waals surface area contributed by atoms with E-state index in [2.05, 4.69) is 4.57 Å². The maximum atomic E-state index is 6.12. The first-order valence-corrected chi connectivity index (χ1v) is 10.1. The van der Waals surface area contributed by atoms with Crippen molar-refractivity contribution in [3.8, 4) is 0 Å². The van der Waals surface area contributed by atoms with Crippen molar-refractivity contribution in [2.24, 2.45) is 5.92 Å². The normalized spacial score (nSPS) is 28.4. The first-order valence-electron chi connectivity index (χ1n) is 8.46. The monoisotopic (exact) mass is 301 g/mol. The molecule has 1 saturated carbocycles. The van der Waals surface area contributed by atoms with E-state index in [-0.39, 0.29) is 0 Å². The molecule has 0 aromatic rings. The predicted molar refractivity (Wildman–Crippen MR) is 82.3 cm³/mol. The van der Waals surface area contributed by atoms with E-state index in [9.17, 15) is 0 Å². The minimum Gasteiger partial charge on any atom is -0.361 e. The fraction of sp³-hybridized carbons (Fsp3) is 1.00. The first kappa shape index (κ1) is 16.4. The van der Waals surface area contributed by atoms with Crippen molar-refractivity contribution < 1.29 is 13.3 Å². The maximum Gasteiger partial charge on any atom is 0.599 e. The maximum absolute atomic E-state index is 6.12. The number of fused-ring (bicyclic) bond motifs is 1. The van der Waals surface area contributed by atoms with Crippen LogP contribution >= 0.6 is 0 Å². The second-order valence-corrected chi connectivity index (χ2v) is 8.26. The summed E-state index contributed by atoms with van der Waals surface area (Å²) in [6.45, 7) is 9.21. The molecule has 1 heterocycles. The number of hydrogen-bond acceptors (Lipinski definition) is 4. The van der Waals surface area contributed by atoms with Crippen molar-refractivity contribution in [3.05, 3.63) is 0 Å². The Bertz CT molecular complexity index is 271. The summed E-state index contributed by atoms with van der Waals surface area (Å²) in [6.07, 6.45) is 8.01. The summed E-state index contributed by atoms with van der Waals surface area (Å²) in [5, 5.41) is 0. The van der Waals surface area contributed by atoms with Crippen molar-refractivity contribution in [1.29, 1.82) is 0 Å². The van der Waals surface area contributed by atoms with Crippen LogP contribution in [0.15, 0.2) is 0 Å². The molecule has 4 nitrogen and oxygen atoms in total. The lowest BCUT2D eigenvalue weighted by molar-refractivity contribution is -0.0234. The third-order valence-corrected chi connectivity index (χ3v) is 7.79. The van der Waals surface area contributed by atoms with Gasteiger partial charge in [-0.05, 0) is 58.9 Å². The minimum absolute atomic E-state index is 0.619. The Kier molecular flexibility index (Phi) is 6.48. The van der Waals surface area contributed by atoms with Crippen LogP contribution in [0.2, 0.25) is 0 Å². The molecule has 0 aromatic carbocycles. The van der Waals surface area contributed by atoms with Crippen LogP contribution in [-0.2, 0) is 13.3 Å². The Morgan fingerprint density at radius 1 is 0.850 bits per heavy atom. The van der Waals surface area contributed by atoms with Crippen LogP contribution in [0, 0.1) is 5.92 Å². The second kappa shape index (κ2) is 7.89. The van der Waals surface area contributed by atoms with Crippen LogP contribution in [0.3, 0.4) is 0 Å². The molecule has 1 aliphatic heterocycles. The molecule has 1 aliphatic carbocycles. The average Bonchev–Trinajstić information content (AvgIpc) is 2.47. The molecule has 2 rings (SSSR count). The van der Waals surface area contributed by atoms with Gasteiger partial charge in [-0.25, -0.2) is 0 Å². The van der Waals surface area contributed by atoms with Crippen molar-refractivity contribution in [2.75, 3.05) is 26.4 Å². The number of nitrogens with zero attached hydrogens (tertiary/aromatic N) is 1. The Labute approximate surface area is 125 Å². The van der Waals surface area contributed by atoms with Crippen molar-refractivity contribution in [1.82, 2.24) is 4.57 Å². The van der Waals surface area contributed by atoms with Crippen LogP contribution in [0.1, 0.15) is 59.3 Å². The summed E-state index contributed by atoms with van der Waals surface area (Å²) >= 11 is 0. The van der Waals surface area contributed by atoms with Gasteiger partial charge in [-0.1, -0.05) is 12.8 Å². The van der Waals surface area contributed by atoms with Crippen LogP contribution in [0.25, 0.3) is 0 Å². The molecule has 0 spiro atoms. The molecular weight excluding hydrogens is 270 g/mol. The third-order valence-electron chi connectivity index (χ3n) is 4.58. The van der Waals surface area contributed by atoms with Gasteiger partial charge in [-0.15, -0.1) is 0 Å². The van der Waals surface area contributed by atoms with Crippen LogP contribution < -0.4 is 0 Å². The largest absolute Gasteiger partial charge is 0.599 e. The third kappa shape index (κ3) is 3.44. The highest BCUT2D eigenvalue weighted by atomic mass is 28.4. The standard InChI is InChI=1S/C15H31NO3Si/c1-4-17-20(18-5-2,19-6-3)16-13-9-11-14-10-7-8-12-15(14)16/h14-15H,4-13H2,1-3H3. The molecule has 2 unspecified atom stereocenters. The lowest BCUT2D eigenvalue weighted by Gasteiger charge is -2.49. The smallest absolute Gasteiger partial charge is 0.361 e. The quantitative estimate of drug-likeness (QED) is 0.676. The topological polar surface area (TPSA) is 30.9 Å². The molecule has 2 aliphatic rings. The second-order valence-electron chi connectivity index (χ2n) is 5.77. The van der Waals surface area contributed by atoms with Gasteiger partial charge in [-0.3, -0.25) is 4.57 Å². The summed E-state index contributed by atoms with van der Waals surface area (Å²) in [5.41, 5.74) is 0. The summed E-state index contributed by atoms with van der Waals surface area (Å²) < 4.78 is 20.9. The van der Waals surface area contributed by atoms with E-state index in [1.165, 1.54) is 38.5 Å². The highest BCUT2D eigenvalue weighted by molar-refractivity contribution is 6.57. The van der Waals surface area contributed by atoms with Gasteiger partial charge in [0.05, 0.1) is 0 Å². The SMILES string of the molecule is CCO[Si](OCC)(OCC)N1CCCC2CCCCC21. The summed E-state index contributed by atoms with van der Waals surface area (Å²) in [5.74, 6) is 0.825. The fourth-order valence-corrected chi connectivity index (χ4v) is 6.91. The zero-order valence-corrected chi connectivity index (χ0v) is 14.4. The molecule has 1 saturated heterocycles. The highest BCUT2D eigenvalue weighted by Crippen LogP contribution is 2.38. The summed E-state index contributed by atoms with van der Waals surface area (Å²) in [4.78, 5) is 0. The molecular formula is C15H31NO3Si. The van der Waals surface area contributed by atoms with Gasteiger partial charge in [-0.2, -0.15) is 0 Å². The van der Waals surface area contributed by atoms with Crippen LogP contribution in [0.5, 0.6) is 0 Å². The van der Waals surface area contributed by atoms with Crippen molar-refractivity contribution in [2.45, 2.75) is 65.3 Å². The van der Waals surface area contributed by atoms with E-state index in [1.54, 1.807) is 0 Å². The number of rotatable bonds is 7. The summed E-state index contributed by atoms with van der Waals surface area (Å²) in [7, 11) is -2.67. The van der Waals surface area contributed by atoms with Crippen LogP contribution in [0.4, 0.5) is 0 Å². The molecule has 2 atom stereocenters. The van der Waals surface area contributed by atoms with E-state index in [0.29, 0.717) is 25.9 Å². The van der Waals surface area contributed by atoms with Crippen molar-refractivity contribution in [3.63, 3.8) is 0 Å². The van der Waals surface area contributed by atoms with Crippen LogP contribution in [-0.4, -0.2) is 45.9 Å². The Morgan fingerprint density at radius 3 is 2.00 bits per heavy atom. The van der Waals surface area contributed by atoms with E-state index < -0.39 is 8.97 Å². The predicted octanol–water partition coefficient (Wildman–Crippen LogP) is 3.19. The van der Waals surface area contributed by atoms with Gasteiger partial charge >= 0.3 is 8.97 Å². The molecule has 0 amide bonds. The summed E-state index contributed by atoms with van der Waals surface area (Å²) in [6, 6.07) is 0.619. The first-order chi connectivity index (χ1) is 9.77. The van der Waals surface area contributed by atoms with Gasteiger partial charge in [0.2, 0.25) is 0 Å². The molecule has 5 heteroatoms. The number of hydrogen-bond donors (Lipinski definition) is 0. The zero-order valence-electron chi connectivity index (χ0n) is 13.4. The Morgan fingerprint density at radius 2 is 1.40 bits per heavy atom. The van der Waals surface area contributed by atoms with E-state index >= 15 is 0 Å². The Hall–Kier alpha value is 0.0569. The number of piperidine rings is 1. The van der Waals surface area contributed by atoms with Crippen molar-refractivity contribution >= 4 is 8.97 Å². The molecule has 0 radical (unpaired) electrons. The van der Waals surface area contributed by atoms with E-state index in [4.69, 9.17) is 13.3 Å². The molecule has 0 aromatic heterocycles. The lowest BCUT2D eigenvalue weighted by Crippen LogP contribution is -2.67. The van der Waals surface area contributed by atoms with Gasteiger partial charge < -0.3 is 13.3 Å². The molecule has 0 bridgehead atoms.